The predicted molar refractivity (Wildman–Crippen MR) is 71.1 cm³/mol. The van der Waals surface area contributed by atoms with Crippen molar-refractivity contribution in [3.63, 3.8) is 0 Å². The molecule has 0 bridgehead atoms. The standard InChI is InChI=1S/C13H17NO6/c1-3-13(17,4-2)8-20-11-6-5-9(14(18)19)7-10(11)12(15)16/h5-7,17H,3-4,8H2,1-2H3,(H,15,16). The first-order valence-corrected chi connectivity index (χ1v) is 6.20. The molecule has 7 heteroatoms. The number of nitrogens with zero attached hydrogens (tertiary/aromatic N) is 1. The first kappa shape index (κ1) is 15.9. The van der Waals surface area contributed by atoms with Gasteiger partial charge in [0.25, 0.3) is 5.69 Å². The largest absolute Gasteiger partial charge is 0.490 e. The Morgan fingerprint density at radius 3 is 2.45 bits per heavy atom. The summed E-state index contributed by atoms with van der Waals surface area (Å²) in [5.74, 6) is -1.32. The summed E-state index contributed by atoms with van der Waals surface area (Å²) >= 11 is 0. The van der Waals surface area contributed by atoms with Crippen molar-refractivity contribution in [2.24, 2.45) is 0 Å². The number of nitro groups is 1. The van der Waals surface area contributed by atoms with Crippen LogP contribution >= 0.6 is 0 Å². The van der Waals surface area contributed by atoms with Gasteiger partial charge in [-0.3, -0.25) is 10.1 Å². The van der Waals surface area contributed by atoms with E-state index in [1.54, 1.807) is 13.8 Å². The Morgan fingerprint density at radius 2 is 2.00 bits per heavy atom. The fourth-order valence-corrected chi connectivity index (χ4v) is 1.59. The maximum absolute atomic E-state index is 11.1. The van der Waals surface area contributed by atoms with Crippen LogP contribution in [0.5, 0.6) is 5.75 Å². The number of aliphatic hydroxyl groups is 1. The van der Waals surface area contributed by atoms with Crippen LogP contribution in [0.2, 0.25) is 0 Å². The van der Waals surface area contributed by atoms with Crippen molar-refractivity contribution in [1.82, 2.24) is 0 Å². The molecule has 0 amide bonds. The highest BCUT2D eigenvalue weighted by Gasteiger charge is 2.25. The lowest BCUT2D eigenvalue weighted by atomic mass is 9.99. The van der Waals surface area contributed by atoms with Crippen molar-refractivity contribution >= 4 is 11.7 Å². The molecule has 0 radical (unpaired) electrons. The Kier molecular flexibility index (Phi) is 5.04. The summed E-state index contributed by atoms with van der Waals surface area (Å²) in [6.07, 6.45) is 0.914. The fourth-order valence-electron chi connectivity index (χ4n) is 1.59. The lowest BCUT2D eigenvalue weighted by Crippen LogP contribution is -2.34. The van der Waals surface area contributed by atoms with Crippen molar-refractivity contribution in [1.29, 1.82) is 0 Å². The van der Waals surface area contributed by atoms with Crippen LogP contribution in [0, 0.1) is 10.1 Å². The van der Waals surface area contributed by atoms with E-state index in [2.05, 4.69) is 0 Å². The average molecular weight is 283 g/mol. The highest BCUT2D eigenvalue weighted by atomic mass is 16.6. The van der Waals surface area contributed by atoms with E-state index < -0.39 is 16.5 Å². The number of carboxylic acid groups (broad SMARTS) is 1. The highest BCUT2D eigenvalue weighted by Crippen LogP contribution is 2.26. The van der Waals surface area contributed by atoms with Crippen LogP contribution in [-0.4, -0.2) is 33.3 Å². The second-order valence-electron chi connectivity index (χ2n) is 4.46. The van der Waals surface area contributed by atoms with Crippen molar-refractivity contribution in [3.05, 3.63) is 33.9 Å². The fraction of sp³-hybridized carbons (Fsp3) is 0.462. The Hall–Kier alpha value is -2.15. The summed E-state index contributed by atoms with van der Waals surface area (Å²) in [6.45, 7) is 3.51. The number of nitro benzene ring substituents is 1. The number of ether oxygens (including phenoxy) is 1. The molecule has 2 N–H and O–H groups in total. The molecule has 0 saturated carbocycles. The zero-order valence-corrected chi connectivity index (χ0v) is 11.3. The molecule has 0 unspecified atom stereocenters. The van der Waals surface area contributed by atoms with Crippen molar-refractivity contribution < 1.29 is 24.7 Å². The third-order valence-corrected chi connectivity index (χ3v) is 3.22. The second-order valence-corrected chi connectivity index (χ2v) is 4.46. The quantitative estimate of drug-likeness (QED) is 0.586. The zero-order chi connectivity index (χ0) is 15.3. The highest BCUT2D eigenvalue weighted by molar-refractivity contribution is 5.91. The van der Waals surface area contributed by atoms with Crippen LogP contribution in [0.25, 0.3) is 0 Å². The second kappa shape index (κ2) is 6.33. The summed E-state index contributed by atoms with van der Waals surface area (Å²) in [5, 5.41) is 29.8. The average Bonchev–Trinajstić information content (AvgIpc) is 2.44. The van der Waals surface area contributed by atoms with Crippen LogP contribution in [0.15, 0.2) is 18.2 Å². The smallest absolute Gasteiger partial charge is 0.339 e. The van der Waals surface area contributed by atoms with Gasteiger partial charge in [-0.05, 0) is 18.9 Å². The zero-order valence-electron chi connectivity index (χ0n) is 11.3. The van der Waals surface area contributed by atoms with Gasteiger partial charge >= 0.3 is 5.97 Å². The Morgan fingerprint density at radius 1 is 1.40 bits per heavy atom. The molecule has 0 fully saturated rings. The van der Waals surface area contributed by atoms with Gasteiger partial charge in [0, 0.05) is 12.1 Å². The number of non-ortho nitro benzene ring substituents is 1. The summed E-state index contributed by atoms with van der Waals surface area (Å²) in [5.41, 5.74) is -1.66. The predicted octanol–water partition coefficient (Wildman–Crippen LogP) is 2.22. The van der Waals surface area contributed by atoms with E-state index in [4.69, 9.17) is 9.84 Å². The molecular weight excluding hydrogens is 266 g/mol. The van der Waals surface area contributed by atoms with Gasteiger partial charge in [-0.1, -0.05) is 13.8 Å². The number of rotatable bonds is 7. The van der Waals surface area contributed by atoms with Crippen LogP contribution in [-0.2, 0) is 0 Å². The molecule has 0 atom stereocenters. The maximum Gasteiger partial charge on any atom is 0.339 e. The molecule has 7 nitrogen and oxygen atoms in total. The van der Waals surface area contributed by atoms with E-state index in [0.717, 1.165) is 6.07 Å². The number of carboxylic acids is 1. The minimum absolute atomic E-state index is 0.00317. The van der Waals surface area contributed by atoms with Crippen LogP contribution < -0.4 is 4.74 Å². The molecule has 0 aliphatic heterocycles. The number of aromatic carboxylic acids is 1. The van der Waals surface area contributed by atoms with Gasteiger partial charge in [-0.15, -0.1) is 0 Å². The first-order chi connectivity index (χ1) is 9.33. The normalized spacial score (nSPS) is 11.2. The molecule has 0 saturated heterocycles. The van der Waals surface area contributed by atoms with Gasteiger partial charge in [0.15, 0.2) is 0 Å². The molecule has 0 spiro atoms. The van der Waals surface area contributed by atoms with Crippen molar-refractivity contribution in [2.45, 2.75) is 32.3 Å². The van der Waals surface area contributed by atoms with Crippen LogP contribution in [0.3, 0.4) is 0 Å². The monoisotopic (exact) mass is 283 g/mol. The van der Waals surface area contributed by atoms with Crippen LogP contribution in [0.4, 0.5) is 5.69 Å². The third-order valence-electron chi connectivity index (χ3n) is 3.22. The van der Waals surface area contributed by atoms with E-state index in [9.17, 15) is 20.0 Å². The van der Waals surface area contributed by atoms with E-state index in [0.29, 0.717) is 12.8 Å². The summed E-state index contributed by atoms with van der Waals surface area (Å²) in [4.78, 5) is 21.0. The van der Waals surface area contributed by atoms with E-state index in [1.807, 2.05) is 0 Å². The van der Waals surface area contributed by atoms with Gasteiger partial charge in [0.05, 0.1) is 10.5 Å². The number of benzene rings is 1. The maximum atomic E-state index is 11.1. The molecule has 1 aromatic carbocycles. The Bertz CT molecular complexity index is 510. The molecule has 1 rings (SSSR count). The minimum Gasteiger partial charge on any atom is -0.490 e. The van der Waals surface area contributed by atoms with Crippen molar-refractivity contribution in [2.75, 3.05) is 6.61 Å². The van der Waals surface area contributed by atoms with E-state index in [-0.39, 0.29) is 23.6 Å². The first-order valence-electron chi connectivity index (χ1n) is 6.20. The Labute approximate surface area is 116 Å². The molecule has 0 heterocycles. The van der Waals surface area contributed by atoms with Gasteiger partial charge in [0.1, 0.15) is 17.9 Å². The van der Waals surface area contributed by atoms with E-state index >= 15 is 0 Å². The SMILES string of the molecule is CCC(O)(CC)COc1ccc([N+](=O)[O-])cc1C(=O)O. The summed E-state index contributed by atoms with van der Waals surface area (Å²) in [6, 6.07) is 3.33. The number of hydrogen-bond donors (Lipinski definition) is 2. The minimum atomic E-state index is -1.32. The number of carbonyl (C=O) groups is 1. The Balaban J connectivity index is 3.01. The molecular formula is C13H17NO6. The molecule has 0 aromatic heterocycles. The summed E-state index contributed by atoms with van der Waals surface area (Å²) < 4.78 is 5.33. The van der Waals surface area contributed by atoms with Gasteiger partial charge < -0.3 is 14.9 Å². The third kappa shape index (κ3) is 3.67. The van der Waals surface area contributed by atoms with Gasteiger partial charge in [-0.25, -0.2) is 4.79 Å². The molecule has 1 aromatic rings. The summed E-state index contributed by atoms with van der Waals surface area (Å²) in [7, 11) is 0. The topological polar surface area (TPSA) is 110 Å². The number of hydrogen-bond acceptors (Lipinski definition) is 5. The molecule has 110 valence electrons. The van der Waals surface area contributed by atoms with Gasteiger partial charge in [0.2, 0.25) is 0 Å². The van der Waals surface area contributed by atoms with Crippen molar-refractivity contribution in [3.8, 4) is 5.75 Å². The van der Waals surface area contributed by atoms with Gasteiger partial charge in [-0.2, -0.15) is 0 Å². The lowest BCUT2D eigenvalue weighted by Gasteiger charge is -2.25. The molecule has 0 aliphatic rings. The molecule has 20 heavy (non-hydrogen) atoms. The van der Waals surface area contributed by atoms with Crippen LogP contribution in [0.1, 0.15) is 37.0 Å². The lowest BCUT2D eigenvalue weighted by molar-refractivity contribution is -0.384. The van der Waals surface area contributed by atoms with E-state index in [1.165, 1.54) is 12.1 Å². The molecule has 0 aliphatic carbocycles.